The minimum absolute atomic E-state index is 0.144. The second-order valence-electron chi connectivity index (χ2n) is 4.34. The molecular formula is C14H14N2O3. The Labute approximate surface area is 109 Å². The molecule has 2 rings (SSSR count). The lowest BCUT2D eigenvalue weighted by atomic mass is 10.1. The maximum atomic E-state index is 11.1. The number of rotatable bonds is 3. The van der Waals surface area contributed by atoms with Crippen molar-refractivity contribution in [2.75, 3.05) is 0 Å². The van der Waals surface area contributed by atoms with E-state index in [9.17, 15) is 9.59 Å². The Morgan fingerprint density at radius 2 is 2.11 bits per heavy atom. The van der Waals surface area contributed by atoms with E-state index in [1.54, 1.807) is 6.20 Å². The number of H-pyrrole nitrogens is 1. The smallest absolute Gasteiger partial charge is 0.352 e. The third-order valence-corrected chi connectivity index (χ3v) is 2.71. The topological polar surface area (TPSA) is 82.2 Å². The zero-order chi connectivity index (χ0) is 14.0. The van der Waals surface area contributed by atoms with Gasteiger partial charge in [-0.15, -0.1) is 0 Å². The minimum atomic E-state index is -1.17. The highest BCUT2D eigenvalue weighted by molar-refractivity contribution is 5.99. The Morgan fingerprint density at radius 1 is 1.37 bits per heavy atom. The third-order valence-electron chi connectivity index (χ3n) is 2.71. The number of aliphatic carboxylic acids is 1. The summed E-state index contributed by atoms with van der Waals surface area (Å²) >= 11 is 0. The maximum Gasteiger partial charge on any atom is 0.352 e. The van der Waals surface area contributed by atoms with Gasteiger partial charge in [-0.1, -0.05) is 12.1 Å². The van der Waals surface area contributed by atoms with Gasteiger partial charge in [0.2, 0.25) is 5.91 Å². The molecule has 0 fully saturated rings. The van der Waals surface area contributed by atoms with Crippen molar-refractivity contribution in [3.63, 3.8) is 0 Å². The molecule has 3 N–H and O–H groups in total. The highest BCUT2D eigenvalue weighted by Gasteiger charge is 2.10. The lowest BCUT2D eigenvalue weighted by molar-refractivity contribution is -0.134. The molecule has 98 valence electrons. The molecule has 1 aromatic heterocycles. The van der Waals surface area contributed by atoms with Crippen LogP contribution in [0.4, 0.5) is 0 Å². The van der Waals surface area contributed by atoms with Crippen molar-refractivity contribution in [2.24, 2.45) is 0 Å². The van der Waals surface area contributed by atoms with Crippen molar-refractivity contribution in [1.29, 1.82) is 0 Å². The van der Waals surface area contributed by atoms with Crippen molar-refractivity contribution >= 4 is 28.9 Å². The van der Waals surface area contributed by atoms with Crippen molar-refractivity contribution in [2.45, 2.75) is 13.8 Å². The van der Waals surface area contributed by atoms with Crippen LogP contribution < -0.4 is 5.32 Å². The van der Waals surface area contributed by atoms with Gasteiger partial charge >= 0.3 is 5.97 Å². The van der Waals surface area contributed by atoms with Gasteiger partial charge in [0, 0.05) is 29.6 Å². The number of aromatic nitrogens is 1. The molecule has 0 saturated heterocycles. The lowest BCUT2D eigenvalue weighted by Crippen LogP contribution is -2.24. The molecular weight excluding hydrogens is 244 g/mol. The first-order valence-corrected chi connectivity index (χ1v) is 5.77. The van der Waals surface area contributed by atoms with E-state index in [2.05, 4.69) is 10.3 Å². The summed E-state index contributed by atoms with van der Waals surface area (Å²) in [5.74, 6) is -1.58. The molecule has 5 nitrogen and oxygen atoms in total. The first kappa shape index (κ1) is 12.9. The van der Waals surface area contributed by atoms with E-state index >= 15 is 0 Å². The van der Waals surface area contributed by atoms with Crippen LogP contribution in [-0.4, -0.2) is 22.0 Å². The standard InChI is InChI=1S/C14H14N2O3/c1-8-3-4-11-10(7-15-12(11)5-8)6-13(14(18)19)16-9(2)17/h3-7,15H,1-2H3,(H,16,17)(H,18,19)/b13-6+. The fourth-order valence-corrected chi connectivity index (χ4v) is 1.88. The lowest BCUT2D eigenvalue weighted by Gasteiger charge is -2.02. The van der Waals surface area contributed by atoms with Gasteiger partial charge in [-0.2, -0.15) is 0 Å². The predicted molar refractivity (Wildman–Crippen MR) is 72.5 cm³/mol. The average molecular weight is 258 g/mol. The van der Waals surface area contributed by atoms with E-state index in [1.165, 1.54) is 13.0 Å². The van der Waals surface area contributed by atoms with E-state index in [1.807, 2.05) is 25.1 Å². The molecule has 0 radical (unpaired) electrons. The van der Waals surface area contributed by atoms with Crippen LogP contribution in [0.1, 0.15) is 18.1 Å². The van der Waals surface area contributed by atoms with Crippen molar-refractivity contribution in [1.82, 2.24) is 10.3 Å². The van der Waals surface area contributed by atoms with Crippen LogP contribution in [0.3, 0.4) is 0 Å². The minimum Gasteiger partial charge on any atom is -0.477 e. The largest absolute Gasteiger partial charge is 0.477 e. The van der Waals surface area contributed by atoms with Crippen LogP contribution in [0.25, 0.3) is 17.0 Å². The number of benzene rings is 1. The SMILES string of the molecule is CC(=O)N/C(=C/c1c[nH]c2cc(C)ccc12)C(=O)O. The summed E-state index contributed by atoms with van der Waals surface area (Å²) in [6.07, 6.45) is 3.16. The van der Waals surface area contributed by atoms with Crippen LogP contribution in [0.15, 0.2) is 30.1 Å². The van der Waals surface area contributed by atoms with Gasteiger partial charge in [-0.05, 0) is 24.6 Å². The molecule has 0 saturated carbocycles. The van der Waals surface area contributed by atoms with Crippen LogP contribution in [-0.2, 0) is 9.59 Å². The molecule has 1 amide bonds. The molecule has 0 aliphatic rings. The Morgan fingerprint density at radius 3 is 2.74 bits per heavy atom. The molecule has 19 heavy (non-hydrogen) atoms. The molecule has 0 unspecified atom stereocenters. The monoisotopic (exact) mass is 258 g/mol. The molecule has 0 aliphatic carbocycles. The number of carbonyl (C=O) groups is 2. The summed E-state index contributed by atoms with van der Waals surface area (Å²) in [7, 11) is 0. The van der Waals surface area contributed by atoms with Crippen molar-refractivity contribution < 1.29 is 14.7 Å². The Balaban J connectivity index is 2.48. The molecule has 0 bridgehead atoms. The molecule has 2 aromatic rings. The predicted octanol–water partition coefficient (Wildman–Crippen LogP) is 2.04. The number of carboxylic acid groups (broad SMARTS) is 1. The fourth-order valence-electron chi connectivity index (χ4n) is 1.88. The number of amides is 1. The van der Waals surface area contributed by atoms with Crippen molar-refractivity contribution in [3.8, 4) is 0 Å². The van der Waals surface area contributed by atoms with Gasteiger partial charge in [-0.3, -0.25) is 4.79 Å². The van der Waals surface area contributed by atoms with Gasteiger partial charge in [0.1, 0.15) is 5.70 Å². The van der Waals surface area contributed by atoms with Crippen LogP contribution in [0.5, 0.6) is 0 Å². The highest BCUT2D eigenvalue weighted by Crippen LogP contribution is 2.21. The quantitative estimate of drug-likeness (QED) is 0.737. The Bertz CT molecular complexity index is 683. The number of hydrogen-bond acceptors (Lipinski definition) is 2. The zero-order valence-corrected chi connectivity index (χ0v) is 10.7. The number of fused-ring (bicyclic) bond motifs is 1. The van der Waals surface area contributed by atoms with Crippen molar-refractivity contribution in [3.05, 3.63) is 41.2 Å². The van der Waals surface area contributed by atoms with E-state index in [-0.39, 0.29) is 5.70 Å². The first-order chi connectivity index (χ1) is 8.97. The second-order valence-corrected chi connectivity index (χ2v) is 4.34. The molecule has 5 heteroatoms. The van der Waals surface area contributed by atoms with Gasteiger partial charge in [-0.25, -0.2) is 4.79 Å². The molecule has 1 heterocycles. The summed E-state index contributed by atoms with van der Waals surface area (Å²) in [5, 5.41) is 12.3. The summed E-state index contributed by atoms with van der Waals surface area (Å²) in [5.41, 5.74) is 2.62. The number of nitrogens with one attached hydrogen (secondary N) is 2. The Hall–Kier alpha value is -2.56. The number of aryl methyl sites for hydroxylation is 1. The van der Waals surface area contributed by atoms with E-state index in [0.717, 1.165) is 22.0 Å². The summed E-state index contributed by atoms with van der Waals surface area (Å²) in [6.45, 7) is 3.26. The second kappa shape index (κ2) is 4.97. The van der Waals surface area contributed by atoms with Gasteiger partial charge < -0.3 is 15.4 Å². The summed E-state index contributed by atoms with van der Waals surface area (Å²) < 4.78 is 0. The summed E-state index contributed by atoms with van der Waals surface area (Å²) in [4.78, 5) is 25.1. The van der Waals surface area contributed by atoms with Gasteiger partial charge in [0.05, 0.1) is 0 Å². The molecule has 0 atom stereocenters. The molecule has 1 aromatic carbocycles. The Kier molecular flexibility index (Phi) is 3.37. The number of aromatic amines is 1. The maximum absolute atomic E-state index is 11.1. The number of carbonyl (C=O) groups excluding carboxylic acids is 1. The van der Waals surface area contributed by atoms with Gasteiger partial charge in [0.15, 0.2) is 0 Å². The molecule has 0 spiro atoms. The number of hydrogen-bond donors (Lipinski definition) is 3. The van der Waals surface area contributed by atoms with E-state index in [0.29, 0.717) is 0 Å². The summed E-state index contributed by atoms with van der Waals surface area (Å²) in [6, 6.07) is 5.85. The van der Waals surface area contributed by atoms with Crippen LogP contribution in [0.2, 0.25) is 0 Å². The zero-order valence-electron chi connectivity index (χ0n) is 10.7. The van der Waals surface area contributed by atoms with Gasteiger partial charge in [0.25, 0.3) is 0 Å². The average Bonchev–Trinajstić information content (AvgIpc) is 2.70. The van der Waals surface area contributed by atoms with E-state index < -0.39 is 11.9 Å². The first-order valence-electron chi connectivity index (χ1n) is 5.77. The fraction of sp³-hybridized carbons (Fsp3) is 0.143. The van der Waals surface area contributed by atoms with Crippen LogP contribution in [0, 0.1) is 6.92 Å². The van der Waals surface area contributed by atoms with Crippen LogP contribution >= 0.6 is 0 Å². The van der Waals surface area contributed by atoms with E-state index in [4.69, 9.17) is 5.11 Å². The third kappa shape index (κ3) is 2.82. The highest BCUT2D eigenvalue weighted by atomic mass is 16.4. The number of carboxylic acids is 1. The molecule has 0 aliphatic heterocycles. The normalized spacial score (nSPS) is 11.6.